The molecule has 0 spiro atoms. The van der Waals surface area contributed by atoms with Gasteiger partial charge in [0.15, 0.2) is 11.0 Å². The van der Waals surface area contributed by atoms with Crippen LogP contribution in [0.1, 0.15) is 5.56 Å². The third-order valence-electron chi connectivity index (χ3n) is 3.46. The number of hydrogen-bond acceptors (Lipinski definition) is 4. The van der Waals surface area contributed by atoms with Crippen molar-refractivity contribution < 1.29 is 4.39 Å². The van der Waals surface area contributed by atoms with Crippen molar-refractivity contribution in [1.82, 2.24) is 14.8 Å². The van der Waals surface area contributed by atoms with Gasteiger partial charge < -0.3 is 4.57 Å². The van der Waals surface area contributed by atoms with Crippen LogP contribution in [0.5, 0.6) is 0 Å². The Labute approximate surface area is 143 Å². The molecule has 0 saturated heterocycles. The summed E-state index contributed by atoms with van der Waals surface area (Å²) in [4.78, 5) is 1.26. The lowest BCUT2D eigenvalue weighted by molar-refractivity contribution is 0.628. The van der Waals surface area contributed by atoms with E-state index in [1.165, 1.54) is 22.6 Å². The molecule has 0 unspecified atom stereocenters. The van der Waals surface area contributed by atoms with Crippen molar-refractivity contribution in [2.45, 2.75) is 15.8 Å². The van der Waals surface area contributed by atoms with Gasteiger partial charge in [-0.15, -0.1) is 22.0 Å². The zero-order chi connectivity index (χ0) is 16.2. The Morgan fingerprint density at radius 1 is 1.00 bits per heavy atom. The van der Waals surface area contributed by atoms with Crippen LogP contribution in [0.4, 0.5) is 4.39 Å². The molecule has 6 heteroatoms. The molecule has 3 aromatic rings. The maximum Gasteiger partial charge on any atom is 0.191 e. The van der Waals surface area contributed by atoms with Crippen molar-refractivity contribution in [3.63, 3.8) is 0 Å². The van der Waals surface area contributed by atoms with Crippen molar-refractivity contribution in [2.24, 2.45) is 7.05 Å². The van der Waals surface area contributed by atoms with E-state index in [4.69, 9.17) is 0 Å². The van der Waals surface area contributed by atoms with Crippen LogP contribution in [-0.4, -0.2) is 21.0 Å². The third kappa shape index (κ3) is 3.76. The van der Waals surface area contributed by atoms with Gasteiger partial charge in [0.05, 0.1) is 0 Å². The Hall–Kier alpha value is -1.79. The first-order valence-corrected chi connectivity index (χ1v) is 9.29. The van der Waals surface area contributed by atoms with Gasteiger partial charge in [0.1, 0.15) is 5.82 Å². The second-order valence-corrected chi connectivity index (χ2v) is 6.83. The van der Waals surface area contributed by atoms with Gasteiger partial charge in [0, 0.05) is 23.3 Å². The van der Waals surface area contributed by atoms with E-state index in [0.29, 0.717) is 0 Å². The minimum Gasteiger partial charge on any atom is -0.305 e. The summed E-state index contributed by atoms with van der Waals surface area (Å²) in [5.74, 6) is 1.33. The fourth-order valence-corrected chi connectivity index (χ4v) is 3.44. The second-order valence-electron chi connectivity index (χ2n) is 5.01. The molecule has 3 rings (SSSR count). The maximum atomic E-state index is 13.0. The lowest BCUT2D eigenvalue weighted by atomic mass is 10.2. The summed E-state index contributed by atoms with van der Waals surface area (Å²) in [6.07, 6.45) is 2.07. The van der Waals surface area contributed by atoms with Gasteiger partial charge in [-0.3, -0.25) is 0 Å². The highest BCUT2D eigenvalue weighted by atomic mass is 32.2. The molecule has 1 heterocycles. The Kier molecular flexibility index (Phi) is 5.03. The van der Waals surface area contributed by atoms with E-state index >= 15 is 0 Å². The predicted molar refractivity (Wildman–Crippen MR) is 94.2 cm³/mol. The molecule has 1 aromatic heterocycles. The van der Waals surface area contributed by atoms with Gasteiger partial charge in [0.25, 0.3) is 0 Å². The van der Waals surface area contributed by atoms with Crippen molar-refractivity contribution in [1.29, 1.82) is 0 Å². The van der Waals surface area contributed by atoms with Crippen molar-refractivity contribution in [3.8, 4) is 11.4 Å². The Balaban J connectivity index is 1.72. The van der Waals surface area contributed by atoms with Crippen LogP contribution in [0, 0.1) is 5.82 Å². The smallest absolute Gasteiger partial charge is 0.191 e. The van der Waals surface area contributed by atoms with Gasteiger partial charge in [0.2, 0.25) is 0 Å². The highest BCUT2D eigenvalue weighted by Crippen LogP contribution is 2.26. The summed E-state index contributed by atoms with van der Waals surface area (Å²) in [5, 5.41) is 9.31. The molecule has 0 atom stereocenters. The van der Waals surface area contributed by atoms with Gasteiger partial charge >= 0.3 is 0 Å². The lowest BCUT2D eigenvalue weighted by Gasteiger charge is -2.05. The highest BCUT2D eigenvalue weighted by molar-refractivity contribution is 7.98. The van der Waals surface area contributed by atoms with Crippen LogP contribution >= 0.6 is 23.5 Å². The van der Waals surface area contributed by atoms with Crippen molar-refractivity contribution in [3.05, 3.63) is 59.9 Å². The molecule has 0 N–H and O–H groups in total. The summed E-state index contributed by atoms with van der Waals surface area (Å²) in [5.41, 5.74) is 2.11. The normalized spacial score (nSPS) is 10.9. The zero-order valence-corrected chi connectivity index (χ0v) is 14.5. The molecular formula is C17H16FN3S2. The first-order valence-electron chi connectivity index (χ1n) is 7.08. The SMILES string of the molecule is CSc1ccc(CSc2nnc(-c3ccc(F)cc3)n2C)cc1. The average molecular weight is 345 g/mol. The molecule has 23 heavy (non-hydrogen) atoms. The zero-order valence-electron chi connectivity index (χ0n) is 12.9. The van der Waals surface area contributed by atoms with Crippen LogP contribution in [0.2, 0.25) is 0 Å². The predicted octanol–water partition coefficient (Wildman–Crippen LogP) is 4.64. The monoisotopic (exact) mass is 345 g/mol. The molecule has 0 saturated carbocycles. The molecule has 118 valence electrons. The second kappa shape index (κ2) is 7.19. The van der Waals surface area contributed by atoms with E-state index in [0.717, 1.165) is 22.3 Å². The van der Waals surface area contributed by atoms with E-state index in [1.807, 2.05) is 11.6 Å². The minimum absolute atomic E-state index is 0.251. The van der Waals surface area contributed by atoms with Gasteiger partial charge in [-0.05, 0) is 48.2 Å². The van der Waals surface area contributed by atoms with E-state index in [1.54, 1.807) is 35.7 Å². The first-order chi connectivity index (χ1) is 11.2. The summed E-state index contributed by atoms with van der Waals surface area (Å²) < 4.78 is 15.0. The average Bonchev–Trinajstić information content (AvgIpc) is 2.95. The molecule has 0 aliphatic heterocycles. The van der Waals surface area contributed by atoms with E-state index in [9.17, 15) is 4.39 Å². The van der Waals surface area contributed by atoms with Crippen LogP contribution in [-0.2, 0) is 12.8 Å². The Morgan fingerprint density at radius 3 is 2.35 bits per heavy atom. The number of thioether (sulfide) groups is 2. The molecule has 0 radical (unpaired) electrons. The Bertz CT molecular complexity index is 783. The van der Waals surface area contributed by atoms with E-state index in [2.05, 4.69) is 40.7 Å². The maximum absolute atomic E-state index is 13.0. The first kappa shape index (κ1) is 16.1. The van der Waals surface area contributed by atoms with Gasteiger partial charge in [-0.25, -0.2) is 4.39 Å². The number of benzene rings is 2. The quantitative estimate of drug-likeness (QED) is 0.631. The van der Waals surface area contributed by atoms with Crippen LogP contribution in [0.15, 0.2) is 58.6 Å². The molecule has 0 fully saturated rings. The fraction of sp³-hybridized carbons (Fsp3) is 0.176. The minimum atomic E-state index is -0.251. The molecule has 0 amide bonds. The largest absolute Gasteiger partial charge is 0.305 e. The lowest BCUT2D eigenvalue weighted by Crippen LogP contribution is -1.95. The number of aromatic nitrogens is 3. The number of rotatable bonds is 5. The van der Waals surface area contributed by atoms with E-state index < -0.39 is 0 Å². The van der Waals surface area contributed by atoms with Crippen molar-refractivity contribution in [2.75, 3.05) is 6.26 Å². The third-order valence-corrected chi connectivity index (χ3v) is 5.30. The summed E-state index contributed by atoms with van der Waals surface area (Å²) in [6, 6.07) is 14.8. The molecule has 3 nitrogen and oxygen atoms in total. The highest BCUT2D eigenvalue weighted by Gasteiger charge is 2.11. The summed E-state index contributed by atoms with van der Waals surface area (Å²) in [7, 11) is 1.93. The topological polar surface area (TPSA) is 30.7 Å². The number of nitrogens with zero attached hydrogens (tertiary/aromatic N) is 3. The molecule has 0 bridgehead atoms. The van der Waals surface area contributed by atoms with Crippen LogP contribution < -0.4 is 0 Å². The number of halogens is 1. The molecular weight excluding hydrogens is 329 g/mol. The molecule has 2 aromatic carbocycles. The summed E-state index contributed by atoms with van der Waals surface area (Å²) in [6.45, 7) is 0. The molecule has 0 aliphatic rings. The van der Waals surface area contributed by atoms with E-state index in [-0.39, 0.29) is 5.82 Å². The fourth-order valence-electron chi connectivity index (χ4n) is 2.16. The van der Waals surface area contributed by atoms with Crippen LogP contribution in [0.25, 0.3) is 11.4 Å². The van der Waals surface area contributed by atoms with Crippen molar-refractivity contribution >= 4 is 23.5 Å². The summed E-state index contributed by atoms with van der Waals surface area (Å²) >= 11 is 3.38. The number of hydrogen-bond donors (Lipinski definition) is 0. The Morgan fingerprint density at radius 2 is 1.70 bits per heavy atom. The van der Waals surface area contributed by atoms with Gasteiger partial charge in [-0.1, -0.05) is 23.9 Å². The van der Waals surface area contributed by atoms with Crippen LogP contribution in [0.3, 0.4) is 0 Å². The molecule has 0 aliphatic carbocycles. The van der Waals surface area contributed by atoms with Gasteiger partial charge in [-0.2, -0.15) is 0 Å². The standard InChI is InChI=1S/C17H16FN3S2/c1-21-16(13-5-7-14(18)8-6-13)19-20-17(21)23-11-12-3-9-15(22-2)10-4-12/h3-10H,11H2,1-2H3.